The molecule has 0 aliphatic carbocycles. The minimum atomic E-state index is 0.227. The summed E-state index contributed by atoms with van der Waals surface area (Å²) < 4.78 is 1.94. The van der Waals surface area contributed by atoms with Gasteiger partial charge < -0.3 is 10.4 Å². The van der Waals surface area contributed by atoms with E-state index in [4.69, 9.17) is 0 Å². The molecule has 1 heterocycles. The average molecular weight is 259 g/mol. The Morgan fingerprint density at radius 2 is 1.95 bits per heavy atom. The minimum absolute atomic E-state index is 0.227. The van der Waals surface area contributed by atoms with E-state index in [9.17, 15) is 5.11 Å². The molecule has 0 fully saturated rings. The number of anilines is 1. The molecule has 2 rings (SSSR count). The molecular formula is C15H21N3O. The van der Waals surface area contributed by atoms with Crippen LogP contribution in [0.25, 0.3) is 0 Å². The molecule has 19 heavy (non-hydrogen) atoms. The molecule has 0 amide bonds. The molecule has 4 nitrogen and oxygen atoms in total. The van der Waals surface area contributed by atoms with Crippen LogP contribution in [0.3, 0.4) is 0 Å². The van der Waals surface area contributed by atoms with Gasteiger partial charge >= 0.3 is 0 Å². The van der Waals surface area contributed by atoms with Crippen molar-refractivity contribution in [3.8, 4) is 5.75 Å². The third kappa shape index (κ3) is 3.28. The summed E-state index contributed by atoms with van der Waals surface area (Å²) in [6.07, 6.45) is 4.84. The maximum atomic E-state index is 9.33. The predicted molar refractivity (Wildman–Crippen MR) is 77.4 cm³/mol. The fraction of sp³-hybridized carbons (Fsp3) is 0.400. The first-order chi connectivity index (χ1) is 9.10. The lowest BCUT2D eigenvalue weighted by Crippen LogP contribution is -2.09. The molecule has 0 saturated carbocycles. The van der Waals surface area contributed by atoms with Crippen molar-refractivity contribution in [2.45, 2.75) is 39.3 Å². The summed E-state index contributed by atoms with van der Waals surface area (Å²) in [5.74, 6) is 0.297. The molecule has 0 aliphatic heterocycles. The maximum Gasteiger partial charge on any atom is 0.115 e. The van der Waals surface area contributed by atoms with Crippen molar-refractivity contribution in [3.05, 3.63) is 42.2 Å². The summed E-state index contributed by atoms with van der Waals surface area (Å²) in [6.45, 7) is 6.35. The molecule has 0 aliphatic rings. The summed E-state index contributed by atoms with van der Waals surface area (Å²) in [6, 6.07) is 7.93. The molecule has 4 heteroatoms. The number of rotatable bonds is 5. The number of aromatic hydroxyl groups is 1. The third-order valence-corrected chi connectivity index (χ3v) is 3.18. The molecule has 1 atom stereocenters. The van der Waals surface area contributed by atoms with Gasteiger partial charge in [0.15, 0.2) is 0 Å². The zero-order valence-corrected chi connectivity index (χ0v) is 11.7. The highest BCUT2D eigenvalue weighted by atomic mass is 16.3. The number of benzene rings is 1. The van der Waals surface area contributed by atoms with E-state index < -0.39 is 0 Å². The zero-order valence-electron chi connectivity index (χ0n) is 11.7. The quantitative estimate of drug-likeness (QED) is 0.860. The normalized spacial score (nSPS) is 12.6. The van der Waals surface area contributed by atoms with Gasteiger partial charge in [-0.2, -0.15) is 5.10 Å². The van der Waals surface area contributed by atoms with Crippen LogP contribution in [0.15, 0.2) is 36.7 Å². The van der Waals surface area contributed by atoms with Crippen LogP contribution in [-0.2, 0) is 0 Å². The van der Waals surface area contributed by atoms with Crippen LogP contribution < -0.4 is 5.32 Å². The van der Waals surface area contributed by atoms with Gasteiger partial charge in [-0.25, -0.2) is 0 Å². The van der Waals surface area contributed by atoms with Crippen LogP contribution in [0.2, 0.25) is 0 Å². The molecule has 2 aromatic rings. The fourth-order valence-electron chi connectivity index (χ4n) is 2.02. The Bertz CT molecular complexity index is 516. The third-order valence-electron chi connectivity index (χ3n) is 3.18. The summed E-state index contributed by atoms with van der Waals surface area (Å²) in [5.41, 5.74) is 2.19. The zero-order chi connectivity index (χ0) is 13.8. The summed E-state index contributed by atoms with van der Waals surface area (Å²) in [5, 5.41) is 17.1. The molecule has 102 valence electrons. The summed E-state index contributed by atoms with van der Waals surface area (Å²) >= 11 is 0. The second kappa shape index (κ2) is 5.78. The van der Waals surface area contributed by atoms with Crippen LogP contribution in [0.1, 0.15) is 44.8 Å². The second-order valence-electron chi connectivity index (χ2n) is 5.00. The van der Waals surface area contributed by atoms with Crippen molar-refractivity contribution < 1.29 is 5.11 Å². The SMILES string of the molecule is CCC(Nc1cnn(C(C)C)c1)c1ccc(O)cc1. The molecule has 0 spiro atoms. The number of hydrogen-bond donors (Lipinski definition) is 2. The molecule has 1 aromatic heterocycles. The van der Waals surface area contributed by atoms with Crippen molar-refractivity contribution in [1.29, 1.82) is 0 Å². The van der Waals surface area contributed by atoms with E-state index in [-0.39, 0.29) is 6.04 Å². The predicted octanol–water partition coefficient (Wildman–Crippen LogP) is 3.73. The second-order valence-corrected chi connectivity index (χ2v) is 5.00. The Kier molecular flexibility index (Phi) is 4.10. The molecule has 0 bridgehead atoms. The summed E-state index contributed by atoms with van der Waals surface area (Å²) in [7, 11) is 0. The standard InChI is InChI=1S/C15H21N3O/c1-4-15(12-5-7-14(19)8-6-12)17-13-9-16-18(10-13)11(2)3/h5-11,15,17,19H,4H2,1-3H3. The van der Waals surface area contributed by atoms with Crippen LogP contribution in [0.5, 0.6) is 5.75 Å². The van der Waals surface area contributed by atoms with Crippen molar-refractivity contribution in [3.63, 3.8) is 0 Å². The van der Waals surface area contributed by atoms with E-state index in [0.29, 0.717) is 11.8 Å². The van der Waals surface area contributed by atoms with E-state index in [1.807, 2.05) is 29.2 Å². The van der Waals surface area contributed by atoms with Gasteiger partial charge in [-0.3, -0.25) is 4.68 Å². The van der Waals surface area contributed by atoms with E-state index in [0.717, 1.165) is 17.7 Å². The van der Waals surface area contributed by atoms with Gasteiger partial charge in [0.05, 0.1) is 17.9 Å². The van der Waals surface area contributed by atoms with Gasteiger partial charge in [-0.15, -0.1) is 0 Å². The van der Waals surface area contributed by atoms with Crippen molar-refractivity contribution in [1.82, 2.24) is 9.78 Å². The Morgan fingerprint density at radius 1 is 1.26 bits per heavy atom. The number of phenols is 1. The smallest absolute Gasteiger partial charge is 0.115 e. The van der Waals surface area contributed by atoms with Crippen molar-refractivity contribution in [2.24, 2.45) is 0 Å². The number of nitrogens with zero attached hydrogens (tertiary/aromatic N) is 2. The van der Waals surface area contributed by atoms with Gasteiger partial charge in [0.2, 0.25) is 0 Å². The van der Waals surface area contributed by atoms with E-state index in [1.54, 1.807) is 12.1 Å². The Balaban J connectivity index is 2.12. The lowest BCUT2D eigenvalue weighted by molar-refractivity contribution is 0.475. The summed E-state index contributed by atoms with van der Waals surface area (Å²) in [4.78, 5) is 0. The monoisotopic (exact) mass is 259 g/mol. The van der Waals surface area contributed by atoms with Crippen LogP contribution in [-0.4, -0.2) is 14.9 Å². The lowest BCUT2D eigenvalue weighted by Gasteiger charge is -2.17. The van der Waals surface area contributed by atoms with E-state index in [2.05, 4.69) is 31.2 Å². The molecule has 0 saturated heterocycles. The fourth-order valence-corrected chi connectivity index (χ4v) is 2.02. The Morgan fingerprint density at radius 3 is 2.47 bits per heavy atom. The van der Waals surface area contributed by atoms with Crippen LogP contribution in [0.4, 0.5) is 5.69 Å². The first kappa shape index (κ1) is 13.5. The number of phenolic OH excluding ortho intramolecular Hbond substituents is 1. The molecule has 2 N–H and O–H groups in total. The lowest BCUT2D eigenvalue weighted by atomic mass is 10.0. The Labute approximate surface area is 114 Å². The average Bonchev–Trinajstić information content (AvgIpc) is 2.86. The minimum Gasteiger partial charge on any atom is -0.508 e. The van der Waals surface area contributed by atoms with Crippen molar-refractivity contribution >= 4 is 5.69 Å². The van der Waals surface area contributed by atoms with E-state index >= 15 is 0 Å². The first-order valence-electron chi connectivity index (χ1n) is 6.69. The maximum absolute atomic E-state index is 9.33. The molecule has 1 aromatic carbocycles. The molecular weight excluding hydrogens is 238 g/mol. The number of aromatic nitrogens is 2. The van der Waals surface area contributed by atoms with Crippen LogP contribution in [0, 0.1) is 0 Å². The molecule has 1 unspecified atom stereocenters. The Hall–Kier alpha value is -1.97. The highest BCUT2D eigenvalue weighted by Gasteiger charge is 2.10. The van der Waals surface area contributed by atoms with E-state index in [1.165, 1.54) is 0 Å². The van der Waals surface area contributed by atoms with Gasteiger partial charge in [-0.05, 0) is 38.0 Å². The van der Waals surface area contributed by atoms with Gasteiger partial charge in [-0.1, -0.05) is 19.1 Å². The van der Waals surface area contributed by atoms with Crippen molar-refractivity contribution in [2.75, 3.05) is 5.32 Å². The highest BCUT2D eigenvalue weighted by molar-refractivity contribution is 5.42. The highest BCUT2D eigenvalue weighted by Crippen LogP contribution is 2.24. The number of hydrogen-bond acceptors (Lipinski definition) is 3. The first-order valence-corrected chi connectivity index (χ1v) is 6.69. The van der Waals surface area contributed by atoms with Crippen LogP contribution >= 0.6 is 0 Å². The largest absolute Gasteiger partial charge is 0.508 e. The van der Waals surface area contributed by atoms with Gasteiger partial charge in [0.25, 0.3) is 0 Å². The topological polar surface area (TPSA) is 50.1 Å². The number of nitrogens with one attached hydrogen (secondary N) is 1. The molecule has 0 radical (unpaired) electrons. The van der Waals surface area contributed by atoms with Gasteiger partial charge in [0, 0.05) is 12.2 Å². The van der Waals surface area contributed by atoms with Gasteiger partial charge in [0.1, 0.15) is 5.75 Å².